The first-order chi connectivity index (χ1) is 9.88. The number of fused-ring (bicyclic) bond motifs is 1. The van der Waals surface area contributed by atoms with Gasteiger partial charge < -0.3 is 4.90 Å². The molecule has 2 aromatic rings. The predicted molar refractivity (Wildman–Crippen MR) is 81.7 cm³/mol. The number of hydrogen-bond acceptors (Lipinski definition) is 3. The first-order valence-corrected chi connectivity index (χ1v) is 7.39. The van der Waals surface area contributed by atoms with Crippen molar-refractivity contribution >= 4 is 16.7 Å². The van der Waals surface area contributed by atoms with Crippen molar-refractivity contribution < 1.29 is 0 Å². The molecule has 3 nitrogen and oxygen atoms in total. The van der Waals surface area contributed by atoms with Gasteiger partial charge in [0.05, 0.1) is 11.6 Å². The molecule has 102 valence electrons. The van der Waals surface area contributed by atoms with Crippen molar-refractivity contribution in [2.45, 2.75) is 32.1 Å². The van der Waals surface area contributed by atoms with Gasteiger partial charge in [0.1, 0.15) is 5.82 Å². The molecule has 0 N–H and O–H groups in total. The van der Waals surface area contributed by atoms with Crippen LogP contribution in [-0.2, 0) is 6.42 Å². The van der Waals surface area contributed by atoms with Crippen molar-refractivity contribution in [3.63, 3.8) is 0 Å². The Bertz CT molecular complexity index is 636. The first-order valence-electron chi connectivity index (χ1n) is 7.39. The fourth-order valence-electron chi connectivity index (χ4n) is 2.90. The normalized spacial score (nSPS) is 15.2. The molecular weight excluding hydrogens is 246 g/mol. The number of hydrogen-bond donors (Lipinski definition) is 0. The van der Waals surface area contributed by atoms with E-state index in [4.69, 9.17) is 10.2 Å². The number of pyridine rings is 1. The van der Waals surface area contributed by atoms with Crippen LogP contribution >= 0.6 is 0 Å². The van der Waals surface area contributed by atoms with Gasteiger partial charge in [-0.1, -0.05) is 18.2 Å². The van der Waals surface area contributed by atoms with Crippen molar-refractivity contribution in [3.8, 4) is 6.07 Å². The average molecular weight is 265 g/mol. The highest BCUT2D eigenvalue weighted by molar-refractivity contribution is 5.81. The second kappa shape index (κ2) is 5.92. The van der Waals surface area contributed by atoms with E-state index in [1.54, 1.807) is 0 Å². The van der Waals surface area contributed by atoms with Crippen LogP contribution in [0.25, 0.3) is 10.9 Å². The van der Waals surface area contributed by atoms with E-state index in [1.165, 1.54) is 30.2 Å². The maximum atomic E-state index is 8.86. The van der Waals surface area contributed by atoms with Gasteiger partial charge in [0.15, 0.2) is 0 Å². The van der Waals surface area contributed by atoms with E-state index in [9.17, 15) is 0 Å². The summed E-state index contributed by atoms with van der Waals surface area (Å²) in [5, 5.41) is 10.0. The molecule has 1 fully saturated rings. The fourth-order valence-corrected chi connectivity index (χ4v) is 2.90. The zero-order valence-electron chi connectivity index (χ0n) is 11.7. The van der Waals surface area contributed by atoms with Gasteiger partial charge in [-0.2, -0.15) is 5.26 Å². The van der Waals surface area contributed by atoms with E-state index in [0.717, 1.165) is 30.8 Å². The third kappa shape index (κ3) is 2.60. The zero-order chi connectivity index (χ0) is 13.8. The molecule has 0 aliphatic carbocycles. The van der Waals surface area contributed by atoms with Gasteiger partial charge in [0, 0.05) is 24.9 Å². The smallest absolute Gasteiger partial charge is 0.132 e. The molecule has 0 amide bonds. The topological polar surface area (TPSA) is 39.9 Å². The van der Waals surface area contributed by atoms with E-state index < -0.39 is 0 Å². The number of nitrogens with zero attached hydrogens (tertiary/aromatic N) is 3. The molecule has 1 saturated heterocycles. The summed E-state index contributed by atoms with van der Waals surface area (Å²) in [4.78, 5) is 7.26. The van der Waals surface area contributed by atoms with Gasteiger partial charge in [-0.25, -0.2) is 4.98 Å². The monoisotopic (exact) mass is 265 g/mol. The Morgan fingerprint density at radius 1 is 1.15 bits per heavy atom. The highest BCUT2D eigenvalue weighted by Crippen LogP contribution is 2.27. The molecule has 1 aromatic carbocycles. The minimum Gasteiger partial charge on any atom is -0.356 e. The third-order valence-corrected chi connectivity index (χ3v) is 3.94. The molecule has 2 heterocycles. The van der Waals surface area contributed by atoms with Gasteiger partial charge in [0.2, 0.25) is 0 Å². The summed E-state index contributed by atoms with van der Waals surface area (Å²) < 4.78 is 0. The number of para-hydroxylation sites is 1. The Hall–Kier alpha value is -2.08. The lowest BCUT2D eigenvalue weighted by Gasteiger charge is -2.29. The van der Waals surface area contributed by atoms with Crippen LogP contribution in [-0.4, -0.2) is 18.1 Å². The minimum atomic E-state index is 0.556. The van der Waals surface area contributed by atoms with Crippen LogP contribution in [0.3, 0.4) is 0 Å². The lowest BCUT2D eigenvalue weighted by atomic mass is 10.1. The molecule has 0 atom stereocenters. The van der Waals surface area contributed by atoms with Crippen molar-refractivity contribution in [1.82, 2.24) is 4.98 Å². The highest BCUT2D eigenvalue weighted by Gasteiger charge is 2.16. The first kappa shape index (κ1) is 12.9. The van der Waals surface area contributed by atoms with Gasteiger partial charge >= 0.3 is 0 Å². The largest absolute Gasteiger partial charge is 0.356 e. The van der Waals surface area contributed by atoms with Crippen molar-refractivity contribution in [2.24, 2.45) is 0 Å². The summed E-state index contributed by atoms with van der Waals surface area (Å²) in [7, 11) is 0. The Morgan fingerprint density at radius 3 is 2.75 bits per heavy atom. The number of benzene rings is 1. The average Bonchev–Trinajstić information content (AvgIpc) is 2.53. The lowest BCUT2D eigenvalue weighted by Crippen LogP contribution is -2.31. The van der Waals surface area contributed by atoms with Crippen molar-refractivity contribution in [1.29, 1.82) is 5.26 Å². The van der Waals surface area contributed by atoms with Crippen molar-refractivity contribution in [3.05, 3.63) is 35.9 Å². The second-order valence-electron chi connectivity index (χ2n) is 5.37. The van der Waals surface area contributed by atoms with E-state index >= 15 is 0 Å². The van der Waals surface area contributed by atoms with E-state index in [0.29, 0.717) is 6.42 Å². The molecule has 0 unspecified atom stereocenters. The number of piperidine rings is 1. The number of nitriles is 1. The molecule has 1 aromatic heterocycles. The summed E-state index contributed by atoms with van der Waals surface area (Å²) in [6.07, 6.45) is 5.15. The second-order valence-corrected chi connectivity index (χ2v) is 5.37. The van der Waals surface area contributed by atoms with Crippen LogP contribution in [0, 0.1) is 11.3 Å². The molecule has 1 aliphatic rings. The number of rotatable bonds is 3. The molecule has 0 radical (unpaired) electrons. The van der Waals surface area contributed by atoms with Gasteiger partial charge in [-0.15, -0.1) is 0 Å². The molecule has 0 spiro atoms. The van der Waals surface area contributed by atoms with Gasteiger partial charge in [-0.05, 0) is 43.4 Å². The number of aryl methyl sites for hydroxylation is 1. The molecule has 3 heteroatoms. The molecule has 3 rings (SSSR count). The number of anilines is 1. The quantitative estimate of drug-likeness (QED) is 0.850. The Kier molecular flexibility index (Phi) is 3.83. The number of aromatic nitrogens is 1. The standard InChI is InChI=1S/C17H19N3/c18-10-6-8-15-13-14-7-2-3-9-16(14)19-17(15)20-11-4-1-5-12-20/h2-3,7,9,13H,1,4-6,8,11-12H2. The maximum absolute atomic E-state index is 8.86. The SMILES string of the molecule is N#CCCc1cc2ccccc2nc1N1CCCCC1. The van der Waals surface area contributed by atoms with Crippen molar-refractivity contribution in [2.75, 3.05) is 18.0 Å². The summed E-state index contributed by atoms with van der Waals surface area (Å²) >= 11 is 0. The molecular formula is C17H19N3. The van der Waals surface area contributed by atoms with Crippen LogP contribution in [0.4, 0.5) is 5.82 Å². The maximum Gasteiger partial charge on any atom is 0.132 e. The van der Waals surface area contributed by atoms with Gasteiger partial charge in [-0.3, -0.25) is 0 Å². The molecule has 1 aliphatic heterocycles. The van der Waals surface area contributed by atoms with E-state index in [1.807, 2.05) is 12.1 Å². The zero-order valence-corrected chi connectivity index (χ0v) is 11.7. The molecule has 20 heavy (non-hydrogen) atoms. The summed E-state index contributed by atoms with van der Waals surface area (Å²) in [6, 6.07) is 12.7. The van der Waals surface area contributed by atoms with E-state index in [-0.39, 0.29) is 0 Å². The summed E-state index contributed by atoms with van der Waals surface area (Å²) in [6.45, 7) is 2.18. The Morgan fingerprint density at radius 2 is 1.95 bits per heavy atom. The van der Waals surface area contributed by atoms with E-state index in [2.05, 4.69) is 29.2 Å². The van der Waals surface area contributed by atoms with Gasteiger partial charge in [0.25, 0.3) is 0 Å². The van der Waals surface area contributed by atoms with Crippen LogP contribution in [0.5, 0.6) is 0 Å². The van der Waals surface area contributed by atoms with Crippen LogP contribution in [0.2, 0.25) is 0 Å². The lowest BCUT2D eigenvalue weighted by molar-refractivity contribution is 0.572. The Labute approximate surface area is 119 Å². The third-order valence-electron chi connectivity index (χ3n) is 3.94. The highest BCUT2D eigenvalue weighted by atomic mass is 15.2. The predicted octanol–water partition coefficient (Wildman–Crippen LogP) is 3.68. The van der Waals surface area contributed by atoms with Crippen LogP contribution in [0.1, 0.15) is 31.2 Å². The Balaban J connectivity index is 2.03. The summed E-state index contributed by atoms with van der Waals surface area (Å²) in [5.41, 5.74) is 2.26. The molecule has 0 bridgehead atoms. The molecule has 0 saturated carbocycles. The van der Waals surface area contributed by atoms with Crippen LogP contribution < -0.4 is 4.90 Å². The summed E-state index contributed by atoms with van der Waals surface area (Å²) in [5.74, 6) is 1.10. The van der Waals surface area contributed by atoms with Crippen LogP contribution in [0.15, 0.2) is 30.3 Å². The minimum absolute atomic E-state index is 0.556. The fraction of sp³-hybridized carbons (Fsp3) is 0.412.